The van der Waals surface area contributed by atoms with Crippen LogP contribution in [0.3, 0.4) is 0 Å². The van der Waals surface area contributed by atoms with Crippen LogP contribution in [0.4, 0.5) is 0 Å². The molecule has 0 bridgehead atoms. The van der Waals surface area contributed by atoms with Gasteiger partial charge in [0.15, 0.2) is 0 Å². The zero-order valence-electron chi connectivity index (χ0n) is 6.05. The molecule has 0 aliphatic heterocycles. The summed E-state index contributed by atoms with van der Waals surface area (Å²) < 4.78 is 0. The number of hydrogen-bond donors (Lipinski definition) is 3. The Kier molecular flexibility index (Phi) is 2.93. The normalized spacial score (nSPS) is 13.4. The van der Waals surface area contributed by atoms with Crippen LogP contribution in [0.15, 0.2) is 12.3 Å². The molecule has 0 fully saturated rings. The van der Waals surface area contributed by atoms with Gasteiger partial charge in [-0.15, -0.1) is 0 Å². The standard InChI is InChI=1S/C7H11ClN2O/c8-5-1-3-10-7(5)6(9)2-4-11/h1,3,6,10-11H,2,4,9H2/t6-/m1/s1. The molecule has 0 aliphatic rings. The maximum absolute atomic E-state index is 8.59. The van der Waals surface area contributed by atoms with E-state index in [1.807, 2.05) is 0 Å². The summed E-state index contributed by atoms with van der Waals surface area (Å²) in [5.41, 5.74) is 6.47. The van der Waals surface area contributed by atoms with Gasteiger partial charge in [-0.2, -0.15) is 0 Å². The van der Waals surface area contributed by atoms with Crippen molar-refractivity contribution in [1.82, 2.24) is 4.98 Å². The highest BCUT2D eigenvalue weighted by molar-refractivity contribution is 6.31. The Morgan fingerprint density at radius 1 is 1.73 bits per heavy atom. The van der Waals surface area contributed by atoms with Gasteiger partial charge in [-0.1, -0.05) is 11.6 Å². The maximum Gasteiger partial charge on any atom is 0.0629 e. The van der Waals surface area contributed by atoms with Gasteiger partial charge in [0.2, 0.25) is 0 Å². The topological polar surface area (TPSA) is 62.0 Å². The Morgan fingerprint density at radius 2 is 2.45 bits per heavy atom. The summed E-state index contributed by atoms with van der Waals surface area (Å²) in [4.78, 5) is 2.92. The second-order valence-electron chi connectivity index (χ2n) is 2.36. The minimum Gasteiger partial charge on any atom is -0.396 e. The summed E-state index contributed by atoms with van der Waals surface area (Å²) in [7, 11) is 0. The number of hydrogen-bond acceptors (Lipinski definition) is 2. The van der Waals surface area contributed by atoms with Crippen LogP contribution in [0.25, 0.3) is 0 Å². The molecular formula is C7H11ClN2O. The van der Waals surface area contributed by atoms with Gasteiger partial charge in [0, 0.05) is 18.8 Å². The zero-order valence-corrected chi connectivity index (χ0v) is 6.80. The third-order valence-electron chi connectivity index (χ3n) is 1.54. The molecule has 1 aromatic heterocycles. The van der Waals surface area contributed by atoms with E-state index >= 15 is 0 Å². The van der Waals surface area contributed by atoms with Gasteiger partial charge in [-0.25, -0.2) is 0 Å². The first-order chi connectivity index (χ1) is 5.25. The summed E-state index contributed by atoms with van der Waals surface area (Å²) >= 11 is 5.78. The van der Waals surface area contributed by atoms with E-state index in [4.69, 9.17) is 22.4 Å². The van der Waals surface area contributed by atoms with Gasteiger partial charge >= 0.3 is 0 Å². The van der Waals surface area contributed by atoms with Crippen LogP contribution in [0.5, 0.6) is 0 Å². The van der Waals surface area contributed by atoms with Crippen molar-refractivity contribution in [1.29, 1.82) is 0 Å². The molecule has 1 aromatic rings. The summed E-state index contributed by atoms with van der Waals surface area (Å²) in [6.45, 7) is 0.0799. The van der Waals surface area contributed by atoms with Crippen molar-refractivity contribution in [3.05, 3.63) is 23.0 Å². The second kappa shape index (κ2) is 3.76. The molecule has 62 valence electrons. The van der Waals surface area contributed by atoms with Crippen molar-refractivity contribution >= 4 is 11.6 Å². The van der Waals surface area contributed by atoms with Gasteiger partial charge in [-0.3, -0.25) is 0 Å². The van der Waals surface area contributed by atoms with Crippen LogP contribution in [0, 0.1) is 0 Å². The average Bonchev–Trinajstić information content (AvgIpc) is 2.36. The van der Waals surface area contributed by atoms with Crippen molar-refractivity contribution in [3.63, 3.8) is 0 Å². The first-order valence-electron chi connectivity index (χ1n) is 3.45. The predicted molar refractivity (Wildman–Crippen MR) is 44.4 cm³/mol. The van der Waals surface area contributed by atoms with Crippen LogP contribution in [-0.2, 0) is 0 Å². The van der Waals surface area contributed by atoms with Gasteiger partial charge in [-0.05, 0) is 12.5 Å². The van der Waals surface area contributed by atoms with E-state index < -0.39 is 0 Å². The van der Waals surface area contributed by atoms with Crippen LogP contribution in [0.2, 0.25) is 5.02 Å². The molecule has 1 atom stereocenters. The first-order valence-corrected chi connectivity index (χ1v) is 3.82. The van der Waals surface area contributed by atoms with Gasteiger partial charge < -0.3 is 15.8 Å². The first kappa shape index (κ1) is 8.59. The summed E-state index contributed by atoms with van der Waals surface area (Å²) in [6.07, 6.45) is 2.26. The number of aromatic amines is 1. The molecule has 1 rings (SSSR count). The largest absolute Gasteiger partial charge is 0.396 e. The van der Waals surface area contributed by atoms with E-state index in [1.165, 1.54) is 0 Å². The molecule has 0 aromatic carbocycles. The fourth-order valence-corrected chi connectivity index (χ4v) is 1.19. The number of halogens is 1. The molecule has 1 heterocycles. The Hall–Kier alpha value is -0.510. The van der Waals surface area contributed by atoms with Crippen molar-refractivity contribution in [2.45, 2.75) is 12.5 Å². The molecular weight excluding hydrogens is 164 g/mol. The molecule has 0 amide bonds. The van der Waals surface area contributed by atoms with Crippen molar-refractivity contribution in [2.75, 3.05) is 6.61 Å². The Labute approximate surface area is 70.2 Å². The SMILES string of the molecule is N[C@H](CCO)c1[nH]ccc1Cl. The lowest BCUT2D eigenvalue weighted by molar-refractivity contribution is 0.276. The van der Waals surface area contributed by atoms with E-state index in [1.54, 1.807) is 12.3 Å². The Balaban J connectivity index is 2.67. The summed E-state index contributed by atoms with van der Waals surface area (Å²) in [6, 6.07) is 1.55. The molecule has 0 radical (unpaired) electrons. The lowest BCUT2D eigenvalue weighted by Gasteiger charge is -2.07. The molecule has 3 nitrogen and oxygen atoms in total. The highest BCUT2D eigenvalue weighted by atomic mass is 35.5. The van der Waals surface area contributed by atoms with Crippen molar-refractivity contribution in [2.24, 2.45) is 5.73 Å². The van der Waals surface area contributed by atoms with E-state index in [0.29, 0.717) is 11.4 Å². The minimum absolute atomic E-state index is 0.0799. The summed E-state index contributed by atoms with van der Waals surface area (Å²) in [5, 5.41) is 9.22. The van der Waals surface area contributed by atoms with E-state index in [9.17, 15) is 0 Å². The smallest absolute Gasteiger partial charge is 0.0629 e. The van der Waals surface area contributed by atoms with E-state index in [-0.39, 0.29) is 12.6 Å². The van der Waals surface area contributed by atoms with Crippen LogP contribution in [-0.4, -0.2) is 16.7 Å². The van der Waals surface area contributed by atoms with E-state index in [0.717, 1.165) is 5.69 Å². The third kappa shape index (κ3) is 1.96. The number of rotatable bonds is 3. The fourth-order valence-electron chi connectivity index (χ4n) is 0.931. The van der Waals surface area contributed by atoms with Gasteiger partial charge in [0.1, 0.15) is 0 Å². The third-order valence-corrected chi connectivity index (χ3v) is 1.87. The second-order valence-corrected chi connectivity index (χ2v) is 2.77. The lowest BCUT2D eigenvalue weighted by atomic mass is 10.2. The zero-order chi connectivity index (χ0) is 8.27. The number of aliphatic hydroxyl groups is 1. The highest BCUT2D eigenvalue weighted by Crippen LogP contribution is 2.20. The van der Waals surface area contributed by atoms with Crippen molar-refractivity contribution < 1.29 is 5.11 Å². The summed E-state index contributed by atoms with van der Waals surface area (Å²) in [5.74, 6) is 0. The number of nitrogens with one attached hydrogen (secondary N) is 1. The minimum atomic E-state index is -0.192. The molecule has 11 heavy (non-hydrogen) atoms. The van der Waals surface area contributed by atoms with Crippen LogP contribution in [0.1, 0.15) is 18.2 Å². The molecule has 0 saturated heterocycles. The lowest BCUT2D eigenvalue weighted by Crippen LogP contribution is -2.12. The molecule has 4 heteroatoms. The monoisotopic (exact) mass is 174 g/mol. The van der Waals surface area contributed by atoms with Gasteiger partial charge in [0.05, 0.1) is 10.7 Å². The van der Waals surface area contributed by atoms with Crippen LogP contribution >= 0.6 is 11.6 Å². The molecule has 0 saturated carbocycles. The van der Waals surface area contributed by atoms with Crippen molar-refractivity contribution in [3.8, 4) is 0 Å². The number of H-pyrrole nitrogens is 1. The number of nitrogens with two attached hydrogens (primary N) is 1. The Morgan fingerprint density at radius 3 is 2.91 bits per heavy atom. The van der Waals surface area contributed by atoms with E-state index in [2.05, 4.69) is 4.98 Å². The Bertz CT molecular complexity index is 224. The number of aliphatic hydroxyl groups excluding tert-OH is 1. The molecule has 0 aliphatic carbocycles. The van der Waals surface area contributed by atoms with Gasteiger partial charge in [0.25, 0.3) is 0 Å². The van der Waals surface area contributed by atoms with Crippen LogP contribution < -0.4 is 5.73 Å². The average molecular weight is 175 g/mol. The highest BCUT2D eigenvalue weighted by Gasteiger charge is 2.09. The molecule has 0 spiro atoms. The fraction of sp³-hybridized carbons (Fsp3) is 0.429. The maximum atomic E-state index is 8.59. The quantitative estimate of drug-likeness (QED) is 0.642. The predicted octanol–water partition coefficient (Wildman–Crippen LogP) is 1.05. The molecule has 4 N–H and O–H groups in total. The molecule has 0 unspecified atom stereocenters. The number of aromatic nitrogens is 1.